The highest BCUT2D eigenvalue weighted by molar-refractivity contribution is 6.12. The van der Waals surface area contributed by atoms with Gasteiger partial charge in [-0.1, -0.05) is 110 Å². The molecule has 7 aromatic carbocycles. The van der Waals surface area contributed by atoms with Crippen molar-refractivity contribution in [3.63, 3.8) is 0 Å². The van der Waals surface area contributed by atoms with E-state index in [4.69, 9.17) is 30.5 Å². The number of aryl methyl sites for hydroxylation is 1. The standard InChI is InChI=1S/C44H33NO/c1-28-10-9-11-31-26-30(18-22-35(28)31)29-16-19-33(20-17-29)45(32-12-5-4-6-13-32)34-21-23-38-40(27-34)44(2,3)39-25-24-37-36-14-7-8-15-41(36)46-43(37)42(38)39/h4-27H,1-3H3/i2D3,4D,5D,6D,7D,8D,9D,10D,11D,12D,13D,14D,15D,16D,17D,18D,19D,20D,21D,22D,23D,24D,25D,26D,27D. The highest BCUT2D eigenvalue weighted by Gasteiger charge is 2.38. The van der Waals surface area contributed by atoms with Crippen molar-refractivity contribution in [2.45, 2.75) is 26.1 Å². The molecule has 1 aliphatic carbocycles. The molecule has 0 amide bonds. The van der Waals surface area contributed by atoms with Gasteiger partial charge in [0.2, 0.25) is 0 Å². The summed E-state index contributed by atoms with van der Waals surface area (Å²) in [5.74, 6) is 0. The van der Waals surface area contributed by atoms with E-state index < -0.39 is 230 Å². The minimum Gasteiger partial charge on any atom is -0.455 e. The lowest BCUT2D eigenvalue weighted by molar-refractivity contribution is 0.653. The molecule has 0 saturated heterocycles. The van der Waals surface area contributed by atoms with Gasteiger partial charge >= 0.3 is 0 Å². The molecule has 1 aliphatic rings. The van der Waals surface area contributed by atoms with Crippen molar-refractivity contribution in [2.24, 2.45) is 0 Å². The minimum atomic E-state index is -3.38. The highest BCUT2D eigenvalue weighted by Crippen LogP contribution is 2.54. The van der Waals surface area contributed by atoms with Crippen molar-refractivity contribution in [3.05, 3.63) is 162 Å². The largest absolute Gasteiger partial charge is 0.455 e. The van der Waals surface area contributed by atoms with Crippen LogP contribution in [-0.4, -0.2) is 0 Å². The molecule has 1 unspecified atom stereocenters. The smallest absolute Gasteiger partial charge is 0.143 e. The molecule has 2 nitrogen and oxygen atoms in total. The molecule has 1 aromatic heterocycles. The van der Waals surface area contributed by atoms with Crippen molar-refractivity contribution >= 4 is 49.8 Å². The number of fused-ring (bicyclic) bond motifs is 8. The lowest BCUT2D eigenvalue weighted by atomic mass is 9.82. The number of para-hydroxylation sites is 2. The van der Waals surface area contributed by atoms with Gasteiger partial charge in [0, 0.05) is 42.9 Å². The van der Waals surface area contributed by atoms with Gasteiger partial charge in [0.15, 0.2) is 0 Å². The van der Waals surface area contributed by atoms with Crippen LogP contribution in [0.25, 0.3) is 55.0 Å². The first kappa shape index (κ1) is 11.0. The third-order valence-electron chi connectivity index (χ3n) is 7.82. The SMILES string of the molecule is [2H]c1c([2H])c([2H])c(N(c2c([2H])c([2H])c(-c3c([2H])c([2H])c4c(C)c([2H])c([2H])c([2H])c4c3[2H])c([2H])c2[2H])c2c([2H])c([2H])c3c(c2[2H])C(C)(C([2H])([2H])[2H])c2c([2H])c([2H])c4c(oc5c([2H])c([2H])c([2H])c([2H])c54)c2-3)c([2H])c1[2H]. The molecule has 9 rings (SSSR count). The van der Waals surface area contributed by atoms with E-state index in [-0.39, 0.29) is 16.3 Å². The van der Waals surface area contributed by atoms with Crippen LogP contribution in [0.1, 0.15) is 67.5 Å². The Morgan fingerprint density at radius 2 is 1.35 bits per heavy atom. The first-order valence-electron chi connectivity index (χ1n) is 27.3. The summed E-state index contributed by atoms with van der Waals surface area (Å²) in [6, 6.07) is -21.9. The Labute approximate surface area is 307 Å². The van der Waals surface area contributed by atoms with Gasteiger partial charge in [-0.05, 0) is 99.4 Å². The van der Waals surface area contributed by atoms with E-state index >= 15 is 0 Å². The lowest BCUT2D eigenvalue weighted by Gasteiger charge is -2.28. The summed E-state index contributed by atoms with van der Waals surface area (Å²) >= 11 is 0. The molecule has 0 bridgehead atoms. The van der Waals surface area contributed by atoms with Gasteiger partial charge in [-0.3, -0.25) is 0 Å². The molecule has 0 radical (unpaired) electrons. The van der Waals surface area contributed by atoms with Crippen LogP contribution in [-0.2, 0) is 5.41 Å². The predicted octanol–water partition coefficient (Wildman–Crippen LogP) is 12.5. The summed E-state index contributed by atoms with van der Waals surface area (Å²) in [4.78, 5) is 0.405. The molecule has 220 valence electrons. The van der Waals surface area contributed by atoms with E-state index in [0.29, 0.717) is 4.90 Å². The fourth-order valence-corrected chi connectivity index (χ4v) is 5.62. The lowest BCUT2D eigenvalue weighted by Crippen LogP contribution is -2.16. The number of rotatable bonds is 4. The number of furan rings is 1. The van der Waals surface area contributed by atoms with Crippen molar-refractivity contribution in [2.75, 3.05) is 4.90 Å². The van der Waals surface area contributed by atoms with Crippen LogP contribution in [0.2, 0.25) is 0 Å². The van der Waals surface area contributed by atoms with Crippen LogP contribution in [0.4, 0.5) is 17.1 Å². The van der Waals surface area contributed by atoms with Crippen LogP contribution < -0.4 is 4.90 Å². The Hall–Kier alpha value is -5.60. The Morgan fingerprint density at radius 1 is 0.609 bits per heavy atom. The fourth-order valence-electron chi connectivity index (χ4n) is 5.62. The second-order valence-corrected chi connectivity index (χ2v) is 10.6. The topological polar surface area (TPSA) is 16.4 Å². The van der Waals surface area contributed by atoms with Crippen LogP contribution in [0.5, 0.6) is 0 Å². The maximum atomic E-state index is 9.98. The van der Waals surface area contributed by atoms with Crippen LogP contribution in [0.3, 0.4) is 0 Å². The normalized spacial score (nSPS) is 23.9. The van der Waals surface area contributed by atoms with Gasteiger partial charge in [-0.15, -0.1) is 0 Å². The number of nitrogens with zero attached hydrogens (tertiary/aromatic N) is 1. The molecular formula is C44H33NO. The molecule has 46 heavy (non-hydrogen) atoms. The third kappa shape index (κ3) is 3.96. The van der Waals surface area contributed by atoms with E-state index in [0.717, 1.165) is 6.92 Å². The molecule has 1 atom stereocenters. The van der Waals surface area contributed by atoms with E-state index in [1.54, 1.807) is 0 Å². The van der Waals surface area contributed by atoms with Crippen LogP contribution in [0.15, 0.2) is 149 Å². The van der Waals surface area contributed by atoms with E-state index in [2.05, 4.69) is 0 Å². The number of anilines is 3. The summed E-state index contributed by atoms with van der Waals surface area (Å²) < 4.78 is 248. The Balaban J connectivity index is 1.47. The molecular weight excluding hydrogens is 558 g/mol. The Morgan fingerprint density at radius 3 is 2.20 bits per heavy atom. The quantitative estimate of drug-likeness (QED) is 0.195. The predicted molar refractivity (Wildman–Crippen MR) is 194 cm³/mol. The monoisotopic (exact) mass is 618 g/mol. The Kier molecular flexibility index (Phi) is 2.39. The first-order valence-corrected chi connectivity index (χ1v) is 13.8. The summed E-state index contributed by atoms with van der Waals surface area (Å²) in [7, 11) is 0. The second kappa shape index (κ2) is 9.95. The average Bonchev–Trinajstić information content (AvgIpc) is 3.87. The number of hydrogen-bond donors (Lipinski definition) is 0. The molecule has 0 fully saturated rings. The van der Waals surface area contributed by atoms with Gasteiger partial charge in [0.05, 0.1) is 32.9 Å². The molecule has 8 aromatic rings. The van der Waals surface area contributed by atoms with Gasteiger partial charge in [0.25, 0.3) is 0 Å². The third-order valence-corrected chi connectivity index (χ3v) is 7.82. The zero-order valence-electron chi connectivity index (χ0n) is 50.9. The van der Waals surface area contributed by atoms with Gasteiger partial charge in [-0.2, -0.15) is 0 Å². The van der Waals surface area contributed by atoms with E-state index in [1.165, 1.54) is 6.92 Å². The molecule has 1 heterocycles. The molecule has 0 spiro atoms. The van der Waals surface area contributed by atoms with Gasteiger partial charge < -0.3 is 9.32 Å². The molecule has 0 saturated carbocycles. The van der Waals surface area contributed by atoms with Crippen molar-refractivity contribution in [3.8, 4) is 22.3 Å². The van der Waals surface area contributed by atoms with Gasteiger partial charge in [0.1, 0.15) is 11.2 Å². The van der Waals surface area contributed by atoms with Crippen molar-refractivity contribution < 1.29 is 41.4 Å². The average molecular weight is 619 g/mol. The number of benzene rings is 7. The maximum absolute atomic E-state index is 9.98. The zero-order chi connectivity index (χ0) is 54.4. The first-order chi connectivity index (χ1) is 33.7. The molecule has 2 heteroatoms. The highest BCUT2D eigenvalue weighted by atomic mass is 16.3. The summed E-state index contributed by atoms with van der Waals surface area (Å²) in [5.41, 5.74) is -10.8. The van der Waals surface area contributed by atoms with Gasteiger partial charge in [-0.25, -0.2) is 0 Å². The maximum Gasteiger partial charge on any atom is 0.143 e. The summed E-state index contributed by atoms with van der Waals surface area (Å²) in [5, 5.41) is -1.43. The molecule has 0 N–H and O–H groups in total. The van der Waals surface area contributed by atoms with Crippen molar-refractivity contribution in [1.82, 2.24) is 0 Å². The van der Waals surface area contributed by atoms with E-state index in [1.807, 2.05) is 0 Å². The number of hydrogen-bond acceptors (Lipinski definition) is 2. The fraction of sp³-hybridized carbons (Fsp3) is 0.0909. The zero-order valence-corrected chi connectivity index (χ0v) is 23.9. The van der Waals surface area contributed by atoms with E-state index in [9.17, 15) is 11.0 Å². The molecule has 0 aliphatic heterocycles. The summed E-state index contributed by atoms with van der Waals surface area (Å²) in [6.07, 6.45) is 0. The van der Waals surface area contributed by atoms with Crippen molar-refractivity contribution in [1.29, 1.82) is 0 Å². The summed E-state index contributed by atoms with van der Waals surface area (Å²) in [6.45, 7) is -1.02. The second-order valence-electron chi connectivity index (χ2n) is 10.6. The van der Waals surface area contributed by atoms with Crippen LogP contribution >= 0.6 is 0 Å². The van der Waals surface area contributed by atoms with Crippen LogP contribution in [0, 0.1) is 6.92 Å². The minimum absolute atomic E-state index is 0.0348. The Bertz CT molecular complexity index is 3870.